The molecule has 0 aliphatic heterocycles. The third-order valence-corrected chi connectivity index (χ3v) is 4.67. The highest BCUT2D eigenvalue weighted by Gasteiger charge is 2.38. The van der Waals surface area contributed by atoms with E-state index in [0.29, 0.717) is 11.8 Å². The largest absolute Gasteiger partial charge is 0.103 e. The maximum Gasteiger partial charge on any atom is -0.00836 e. The van der Waals surface area contributed by atoms with Crippen LogP contribution in [0.2, 0.25) is 0 Å². The van der Waals surface area contributed by atoms with E-state index in [4.69, 9.17) is 0 Å². The summed E-state index contributed by atoms with van der Waals surface area (Å²) in [6.07, 6.45) is 12.1. The van der Waals surface area contributed by atoms with Gasteiger partial charge in [0.2, 0.25) is 0 Å². The monoisotopic (exact) mass is 270 g/mol. The molecular formula is C20H30. The molecule has 0 nitrogen and oxygen atoms in total. The SMILES string of the molecule is C=CC1(C)CCC(C(=C)C=CC=C(C)C)CC1C(=C)C. The summed E-state index contributed by atoms with van der Waals surface area (Å²) < 4.78 is 0. The summed E-state index contributed by atoms with van der Waals surface area (Å²) >= 11 is 0. The van der Waals surface area contributed by atoms with E-state index in [1.165, 1.54) is 29.6 Å². The highest BCUT2D eigenvalue weighted by Crippen LogP contribution is 2.48. The predicted molar refractivity (Wildman–Crippen MR) is 91.7 cm³/mol. The van der Waals surface area contributed by atoms with Crippen LogP contribution in [0.3, 0.4) is 0 Å². The fraction of sp³-hybridized carbons (Fsp3) is 0.500. The Morgan fingerprint density at radius 3 is 2.35 bits per heavy atom. The van der Waals surface area contributed by atoms with Crippen LogP contribution >= 0.6 is 0 Å². The van der Waals surface area contributed by atoms with Crippen LogP contribution in [0.25, 0.3) is 0 Å². The molecule has 1 aliphatic carbocycles. The smallest absolute Gasteiger partial charge is 0.00836 e. The lowest BCUT2D eigenvalue weighted by atomic mass is 9.61. The molecule has 0 amide bonds. The second kappa shape index (κ2) is 6.92. The Kier molecular flexibility index (Phi) is 5.80. The Balaban J connectivity index is 2.79. The molecule has 0 saturated heterocycles. The average Bonchev–Trinajstić information content (AvgIpc) is 2.38. The highest BCUT2D eigenvalue weighted by atomic mass is 14.4. The third kappa shape index (κ3) is 4.10. The van der Waals surface area contributed by atoms with Crippen molar-refractivity contribution in [2.45, 2.75) is 47.0 Å². The molecule has 20 heavy (non-hydrogen) atoms. The summed E-state index contributed by atoms with van der Waals surface area (Å²) in [6, 6.07) is 0. The molecule has 3 unspecified atom stereocenters. The molecule has 0 N–H and O–H groups in total. The minimum absolute atomic E-state index is 0.201. The minimum Gasteiger partial charge on any atom is -0.103 e. The van der Waals surface area contributed by atoms with Crippen molar-refractivity contribution in [2.24, 2.45) is 17.3 Å². The number of allylic oxidation sites excluding steroid dienone is 7. The summed E-state index contributed by atoms with van der Waals surface area (Å²) in [5.74, 6) is 1.10. The van der Waals surface area contributed by atoms with E-state index in [2.05, 4.69) is 71.7 Å². The Labute approximate surface area is 125 Å². The van der Waals surface area contributed by atoms with E-state index in [0.717, 1.165) is 6.42 Å². The summed E-state index contributed by atoms with van der Waals surface area (Å²) in [5, 5.41) is 0. The van der Waals surface area contributed by atoms with Gasteiger partial charge in [-0.3, -0.25) is 0 Å². The molecule has 0 radical (unpaired) electrons. The molecule has 1 fully saturated rings. The molecule has 3 atom stereocenters. The molecule has 0 aromatic heterocycles. The number of hydrogen-bond acceptors (Lipinski definition) is 0. The Bertz CT molecular complexity index is 443. The maximum atomic E-state index is 4.27. The zero-order chi connectivity index (χ0) is 15.3. The quantitative estimate of drug-likeness (QED) is 0.409. The van der Waals surface area contributed by atoms with Gasteiger partial charge in [-0.1, -0.05) is 61.1 Å². The second-order valence-corrected chi connectivity index (χ2v) is 6.76. The molecule has 0 heterocycles. The Morgan fingerprint density at radius 2 is 1.85 bits per heavy atom. The summed E-state index contributed by atoms with van der Waals surface area (Å²) in [6.45, 7) is 21.2. The van der Waals surface area contributed by atoms with Crippen LogP contribution in [0.5, 0.6) is 0 Å². The van der Waals surface area contributed by atoms with Crippen LogP contribution < -0.4 is 0 Å². The fourth-order valence-corrected chi connectivity index (χ4v) is 3.18. The number of hydrogen-bond donors (Lipinski definition) is 0. The molecule has 110 valence electrons. The van der Waals surface area contributed by atoms with Gasteiger partial charge in [-0.25, -0.2) is 0 Å². The lowest BCUT2D eigenvalue weighted by Crippen LogP contribution is -2.33. The van der Waals surface area contributed by atoms with Crippen LogP contribution in [-0.2, 0) is 0 Å². The van der Waals surface area contributed by atoms with Gasteiger partial charge in [0.05, 0.1) is 0 Å². The highest BCUT2D eigenvalue weighted by molar-refractivity contribution is 5.25. The van der Waals surface area contributed by atoms with E-state index < -0.39 is 0 Å². The van der Waals surface area contributed by atoms with Crippen LogP contribution in [0.4, 0.5) is 0 Å². The maximum absolute atomic E-state index is 4.27. The van der Waals surface area contributed by atoms with Crippen molar-refractivity contribution in [3.8, 4) is 0 Å². The molecule has 0 heteroatoms. The van der Waals surface area contributed by atoms with Crippen LogP contribution in [0.15, 0.2) is 60.8 Å². The molecule has 0 aromatic rings. The van der Waals surface area contributed by atoms with Gasteiger partial charge in [0, 0.05) is 0 Å². The normalized spacial score (nSPS) is 30.0. The molecule has 1 aliphatic rings. The summed E-state index contributed by atoms with van der Waals surface area (Å²) in [7, 11) is 0. The van der Waals surface area contributed by atoms with E-state index >= 15 is 0 Å². The van der Waals surface area contributed by atoms with E-state index in [-0.39, 0.29) is 5.41 Å². The van der Waals surface area contributed by atoms with Gasteiger partial charge in [0.25, 0.3) is 0 Å². The van der Waals surface area contributed by atoms with Gasteiger partial charge in [0.1, 0.15) is 0 Å². The van der Waals surface area contributed by atoms with Crippen LogP contribution in [0, 0.1) is 17.3 Å². The minimum atomic E-state index is 0.201. The van der Waals surface area contributed by atoms with Gasteiger partial charge in [0.15, 0.2) is 0 Å². The first-order chi connectivity index (χ1) is 9.30. The standard InChI is InChI=1S/C20H30/c1-8-20(7)13-12-18(14-19(20)16(4)5)17(6)11-9-10-15(2)3/h8-11,18-19H,1,4,6,12-14H2,2-3,5,7H3. The topological polar surface area (TPSA) is 0 Å². The van der Waals surface area contributed by atoms with Crippen molar-refractivity contribution in [1.29, 1.82) is 0 Å². The van der Waals surface area contributed by atoms with Crippen molar-refractivity contribution < 1.29 is 0 Å². The second-order valence-electron chi connectivity index (χ2n) is 6.76. The lowest BCUT2D eigenvalue weighted by molar-refractivity contribution is 0.171. The van der Waals surface area contributed by atoms with Gasteiger partial charge >= 0.3 is 0 Å². The Morgan fingerprint density at radius 1 is 1.20 bits per heavy atom. The molecule has 0 spiro atoms. The van der Waals surface area contributed by atoms with Crippen molar-refractivity contribution in [1.82, 2.24) is 0 Å². The van der Waals surface area contributed by atoms with Crippen molar-refractivity contribution >= 4 is 0 Å². The molecule has 0 bridgehead atoms. The molecule has 1 saturated carbocycles. The zero-order valence-corrected chi connectivity index (χ0v) is 13.7. The van der Waals surface area contributed by atoms with Gasteiger partial charge in [-0.15, -0.1) is 6.58 Å². The van der Waals surface area contributed by atoms with Crippen molar-refractivity contribution in [3.05, 3.63) is 60.8 Å². The van der Waals surface area contributed by atoms with E-state index in [1.807, 2.05) is 0 Å². The Hall–Kier alpha value is -1.30. The average molecular weight is 270 g/mol. The molecule has 0 aromatic carbocycles. The van der Waals surface area contributed by atoms with Gasteiger partial charge in [-0.05, 0) is 57.3 Å². The fourth-order valence-electron chi connectivity index (χ4n) is 3.18. The third-order valence-electron chi connectivity index (χ3n) is 4.67. The summed E-state index contributed by atoms with van der Waals surface area (Å²) in [5.41, 5.74) is 4.04. The predicted octanol–water partition coefficient (Wildman–Crippen LogP) is 6.25. The van der Waals surface area contributed by atoms with E-state index in [1.54, 1.807) is 0 Å². The summed E-state index contributed by atoms with van der Waals surface area (Å²) in [4.78, 5) is 0. The van der Waals surface area contributed by atoms with Gasteiger partial charge < -0.3 is 0 Å². The first-order valence-corrected chi connectivity index (χ1v) is 7.59. The van der Waals surface area contributed by atoms with Crippen molar-refractivity contribution in [3.63, 3.8) is 0 Å². The first kappa shape index (κ1) is 16.8. The van der Waals surface area contributed by atoms with Gasteiger partial charge in [-0.2, -0.15) is 0 Å². The first-order valence-electron chi connectivity index (χ1n) is 7.59. The van der Waals surface area contributed by atoms with Crippen LogP contribution in [0.1, 0.15) is 47.0 Å². The zero-order valence-electron chi connectivity index (χ0n) is 13.7. The lowest BCUT2D eigenvalue weighted by Gasteiger charge is -2.43. The van der Waals surface area contributed by atoms with Crippen molar-refractivity contribution in [2.75, 3.05) is 0 Å². The molecule has 1 rings (SSSR count). The molecular weight excluding hydrogens is 240 g/mol. The number of rotatable bonds is 5. The van der Waals surface area contributed by atoms with Crippen LogP contribution in [-0.4, -0.2) is 0 Å². The van der Waals surface area contributed by atoms with E-state index in [9.17, 15) is 0 Å².